The molecule has 0 saturated heterocycles. The minimum atomic E-state index is -3.75. The van der Waals surface area contributed by atoms with E-state index in [-0.39, 0.29) is 23.5 Å². The van der Waals surface area contributed by atoms with Crippen molar-refractivity contribution in [3.05, 3.63) is 52.2 Å². The molecule has 1 aliphatic rings. The third-order valence-electron chi connectivity index (χ3n) is 3.99. The van der Waals surface area contributed by atoms with Crippen LogP contribution in [0, 0.1) is 5.92 Å². The summed E-state index contributed by atoms with van der Waals surface area (Å²) in [6, 6.07) is 9.34. The summed E-state index contributed by atoms with van der Waals surface area (Å²) in [6.45, 7) is 0.320. The van der Waals surface area contributed by atoms with E-state index in [2.05, 4.69) is 10.0 Å². The number of ether oxygens (including phenoxy) is 1. The number of rotatable bonds is 9. The van der Waals surface area contributed by atoms with Crippen molar-refractivity contribution in [1.29, 1.82) is 0 Å². The topological polar surface area (TPSA) is 102 Å². The van der Waals surface area contributed by atoms with E-state index < -0.39 is 21.9 Å². The summed E-state index contributed by atoms with van der Waals surface area (Å²) < 4.78 is 32.4. The lowest BCUT2D eigenvalue weighted by Gasteiger charge is -2.09. The van der Waals surface area contributed by atoms with Crippen LogP contribution in [0.2, 0.25) is 0 Å². The first-order valence-electron chi connectivity index (χ1n) is 8.50. The maximum atomic E-state index is 12.4. The number of thiophene rings is 1. The van der Waals surface area contributed by atoms with Crippen molar-refractivity contribution in [1.82, 2.24) is 10.0 Å². The number of carbonyl (C=O) groups excluding carboxylic acids is 2. The van der Waals surface area contributed by atoms with Crippen molar-refractivity contribution in [2.75, 3.05) is 13.2 Å². The molecule has 1 aliphatic carbocycles. The second kappa shape index (κ2) is 8.64. The minimum absolute atomic E-state index is 0.0111. The summed E-state index contributed by atoms with van der Waals surface area (Å²) in [4.78, 5) is 24.7. The summed E-state index contributed by atoms with van der Waals surface area (Å²) in [5.74, 6) is -0.585. The average Bonchev–Trinajstić information content (AvgIpc) is 3.35. The molecule has 7 nitrogen and oxygen atoms in total. The van der Waals surface area contributed by atoms with Gasteiger partial charge in [-0.25, -0.2) is 13.1 Å². The van der Waals surface area contributed by atoms with E-state index in [0.29, 0.717) is 12.5 Å². The average molecular weight is 409 g/mol. The van der Waals surface area contributed by atoms with Crippen LogP contribution in [0.1, 0.15) is 28.1 Å². The Morgan fingerprint density at radius 3 is 2.70 bits per heavy atom. The van der Waals surface area contributed by atoms with Crippen molar-refractivity contribution in [3.63, 3.8) is 0 Å². The Labute approximate surface area is 161 Å². The monoisotopic (exact) mass is 408 g/mol. The number of nitrogens with one attached hydrogen (secondary N) is 2. The highest BCUT2D eigenvalue weighted by atomic mass is 32.2. The number of carbonyl (C=O) groups is 2. The first kappa shape index (κ1) is 19.5. The molecule has 0 aliphatic heterocycles. The van der Waals surface area contributed by atoms with Gasteiger partial charge in [0.05, 0.1) is 11.5 Å². The van der Waals surface area contributed by atoms with Gasteiger partial charge in [0.25, 0.3) is 5.91 Å². The SMILES string of the molecule is O=C(CNC(=O)c1cccc(S(=O)(=O)NCc2cccs2)c1)OCC1CC1. The van der Waals surface area contributed by atoms with Crippen LogP contribution in [0.15, 0.2) is 46.7 Å². The molecular formula is C18H20N2O5S2. The van der Waals surface area contributed by atoms with E-state index in [0.717, 1.165) is 17.7 Å². The molecule has 1 aromatic heterocycles. The third-order valence-corrected chi connectivity index (χ3v) is 6.27. The maximum Gasteiger partial charge on any atom is 0.325 e. The zero-order chi connectivity index (χ0) is 19.3. The minimum Gasteiger partial charge on any atom is -0.464 e. The van der Waals surface area contributed by atoms with Crippen LogP contribution >= 0.6 is 11.3 Å². The summed E-state index contributed by atoms with van der Waals surface area (Å²) in [5, 5.41) is 4.31. The highest BCUT2D eigenvalue weighted by molar-refractivity contribution is 7.89. The number of hydrogen-bond donors (Lipinski definition) is 2. The molecule has 2 aromatic rings. The van der Waals surface area contributed by atoms with Gasteiger partial charge >= 0.3 is 5.97 Å². The van der Waals surface area contributed by atoms with Crippen LogP contribution in [-0.4, -0.2) is 33.4 Å². The van der Waals surface area contributed by atoms with Gasteiger partial charge in [0.15, 0.2) is 0 Å². The normalized spacial score (nSPS) is 13.9. The van der Waals surface area contributed by atoms with E-state index in [1.54, 1.807) is 0 Å². The molecule has 144 valence electrons. The second-order valence-corrected chi connectivity index (χ2v) is 9.04. The molecule has 3 rings (SSSR count). The summed E-state index contributed by atoms with van der Waals surface area (Å²) in [7, 11) is -3.75. The highest BCUT2D eigenvalue weighted by Crippen LogP contribution is 2.28. The van der Waals surface area contributed by atoms with Crippen LogP contribution in [0.5, 0.6) is 0 Å². The van der Waals surface area contributed by atoms with Crippen molar-refractivity contribution >= 4 is 33.2 Å². The fourth-order valence-corrected chi connectivity index (χ4v) is 4.06. The van der Waals surface area contributed by atoms with Crippen molar-refractivity contribution in [3.8, 4) is 0 Å². The van der Waals surface area contributed by atoms with E-state index in [1.807, 2.05) is 17.5 Å². The molecular weight excluding hydrogens is 388 g/mol. The second-order valence-electron chi connectivity index (χ2n) is 6.24. The lowest BCUT2D eigenvalue weighted by molar-refractivity contribution is -0.142. The molecule has 0 atom stereocenters. The first-order valence-corrected chi connectivity index (χ1v) is 10.9. The fraction of sp³-hybridized carbons (Fsp3) is 0.333. The predicted octanol–water partition coefficient (Wildman–Crippen LogP) is 1.91. The number of benzene rings is 1. The molecule has 1 aromatic carbocycles. The van der Waals surface area contributed by atoms with Gasteiger partial charge in [0.2, 0.25) is 10.0 Å². The molecule has 0 radical (unpaired) electrons. The van der Waals surface area contributed by atoms with Crippen LogP contribution < -0.4 is 10.0 Å². The quantitative estimate of drug-likeness (QED) is 0.617. The Kier molecular flexibility index (Phi) is 6.25. The summed E-state index contributed by atoms with van der Waals surface area (Å²) in [5.41, 5.74) is 0.156. The molecule has 9 heteroatoms. The fourth-order valence-electron chi connectivity index (χ4n) is 2.27. The Hall–Kier alpha value is -2.23. The number of sulfonamides is 1. The first-order chi connectivity index (χ1) is 12.9. The molecule has 2 N–H and O–H groups in total. The third kappa shape index (κ3) is 5.88. The van der Waals surface area contributed by atoms with E-state index >= 15 is 0 Å². The van der Waals surface area contributed by atoms with Gasteiger partial charge in [0.1, 0.15) is 6.54 Å². The Morgan fingerprint density at radius 1 is 1.19 bits per heavy atom. The standard InChI is InChI=1S/C18H20N2O5S2/c21-17(25-12-13-6-7-13)11-19-18(22)14-3-1-5-16(9-14)27(23,24)20-10-15-4-2-8-26-15/h1-5,8-9,13,20H,6-7,10-12H2,(H,19,22). The molecule has 1 amide bonds. The Balaban J connectivity index is 1.56. The van der Waals surface area contributed by atoms with Gasteiger partial charge in [-0.1, -0.05) is 12.1 Å². The zero-order valence-electron chi connectivity index (χ0n) is 14.5. The lowest BCUT2D eigenvalue weighted by atomic mass is 10.2. The number of amides is 1. The Morgan fingerprint density at radius 2 is 2.00 bits per heavy atom. The molecule has 0 bridgehead atoms. The molecule has 27 heavy (non-hydrogen) atoms. The van der Waals surface area contributed by atoms with Gasteiger partial charge in [-0.15, -0.1) is 11.3 Å². The van der Waals surface area contributed by atoms with Gasteiger partial charge in [-0.05, 0) is 48.4 Å². The predicted molar refractivity (Wildman–Crippen MR) is 101 cm³/mol. The van der Waals surface area contributed by atoms with Crippen molar-refractivity contribution < 1.29 is 22.7 Å². The van der Waals surface area contributed by atoms with E-state index in [4.69, 9.17) is 4.74 Å². The summed E-state index contributed by atoms with van der Waals surface area (Å²) in [6.07, 6.45) is 2.14. The van der Waals surface area contributed by atoms with Crippen molar-refractivity contribution in [2.24, 2.45) is 5.92 Å². The van der Waals surface area contributed by atoms with Crippen LogP contribution in [0.3, 0.4) is 0 Å². The van der Waals surface area contributed by atoms with Crippen molar-refractivity contribution in [2.45, 2.75) is 24.3 Å². The van der Waals surface area contributed by atoms with Gasteiger partial charge in [-0.3, -0.25) is 9.59 Å². The Bertz CT molecular complexity index is 906. The molecule has 0 unspecified atom stereocenters. The van der Waals surface area contributed by atoms with Crippen LogP contribution in [0.4, 0.5) is 0 Å². The van der Waals surface area contributed by atoms with E-state index in [9.17, 15) is 18.0 Å². The summed E-state index contributed by atoms with van der Waals surface area (Å²) >= 11 is 1.45. The number of esters is 1. The number of hydrogen-bond acceptors (Lipinski definition) is 6. The largest absolute Gasteiger partial charge is 0.464 e. The molecule has 1 fully saturated rings. The molecule has 1 heterocycles. The van der Waals surface area contributed by atoms with E-state index in [1.165, 1.54) is 35.6 Å². The molecule has 0 spiro atoms. The smallest absolute Gasteiger partial charge is 0.325 e. The van der Waals surface area contributed by atoms with Crippen LogP contribution in [0.25, 0.3) is 0 Å². The van der Waals surface area contributed by atoms with Crippen LogP contribution in [-0.2, 0) is 26.1 Å². The maximum absolute atomic E-state index is 12.4. The van der Waals surface area contributed by atoms with Gasteiger partial charge < -0.3 is 10.1 Å². The lowest BCUT2D eigenvalue weighted by Crippen LogP contribution is -2.31. The van der Waals surface area contributed by atoms with Gasteiger partial charge in [0, 0.05) is 17.0 Å². The zero-order valence-corrected chi connectivity index (χ0v) is 16.1. The molecule has 1 saturated carbocycles. The van der Waals surface area contributed by atoms with Gasteiger partial charge in [-0.2, -0.15) is 0 Å². The highest BCUT2D eigenvalue weighted by Gasteiger charge is 2.23.